The molecule has 0 aliphatic rings. The number of benzene rings is 1. The molecule has 92 valence electrons. The lowest BCUT2D eigenvalue weighted by Gasteiger charge is -2.06. The van der Waals surface area contributed by atoms with Crippen LogP contribution in [0.3, 0.4) is 0 Å². The molecule has 0 bridgehead atoms. The van der Waals surface area contributed by atoms with Crippen LogP contribution in [0, 0.1) is 12.3 Å². The van der Waals surface area contributed by atoms with Crippen molar-refractivity contribution >= 4 is 48.8 Å². The first-order valence-electron chi connectivity index (χ1n) is 5.38. The van der Waals surface area contributed by atoms with Crippen LogP contribution in [-0.2, 0) is 0 Å². The average Bonchev–Trinajstić information content (AvgIpc) is 2.90. The van der Waals surface area contributed by atoms with Gasteiger partial charge in [-0.25, -0.2) is 4.98 Å². The normalized spacial score (nSPS) is 11.2. The van der Waals surface area contributed by atoms with Gasteiger partial charge >= 0.3 is 0 Å². The molecule has 2 aromatic heterocycles. The summed E-state index contributed by atoms with van der Waals surface area (Å²) in [6.45, 7) is 2.12. The highest BCUT2D eigenvalue weighted by Gasteiger charge is 2.12. The van der Waals surface area contributed by atoms with E-state index in [4.69, 9.17) is 15.9 Å². The van der Waals surface area contributed by atoms with Crippen LogP contribution in [0.2, 0.25) is 0 Å². The van der Waals surface area contributed by atoms with Gasteiger partial charge in [0.1, 0.15) is 18.2 Å². The molecule has 0 amide bonds. The predicted molar refractivity (Wildman–Crippen MR) is 77.1 cm³/mol. The maximum absolute atomic E-state index is 7.23. The number of rotatable bonds is 3. The monoisotopic (exact) mass is 277 g/mol. The number of amidine groups is 1. The van der Waals surface area contributed by atoms with Crippen molar-refractivity contribution in [3.63, 3.8) is 0 Å². The van der Waals surface area contributed by atoms with E-state index in [9.17, 15) is 0 Å². The lowest BCUT2D eigenvalue weighted by molar-refractivity contribution is 0.379. The molecule has 3 rings (SSSR count). The number of thiazole rings is 1. The average molecular weight is 277 g/mol. The topological polar surface area (TPSA) is 72.0 Å². The molecule has 0 spiro atoms. The summed E-state index contributed by atoms with van der Waals surface area (Å²) in [5.41, 5.74) is 6.37. The maximum Gasteiger partial charge on any atom is 0.145 e. The number of hydrogen-bond donors (Lipinski definition) is 2. The summed E-state index contributed by atoms with van der Waals surface area (Å²) in [5, 5.41) is 11.3. The number of thiophene rings is 1. The van der Waals surface area contributed by atoms with E-state index in [0.29, 0.717) is 0 Å². The van der Waals surface area contributed by atoms with Gasteiger partial charge in [0, 0.05) is 11.5 Å². The Bertz CT molecular complexity index is 744. The first-order chi connectivity index (χ1) is 8.65. The minimum absolute atomic E-state index is 0.0268. The van der Waals surface area contributed by atoms with Crippen LogP contribution in [-0.4, -0.2) is 17.4 Å². The molecule has 0 aliphatic heterocycles. The maximum atomic E-state index is 7.23. The summed E-state index contributed by atoms with van der Waals surface area (Å²) in [4.78, 5) is 4.56. The van der Waals surface area contributed by atoms with Gasteiger partial charge in [0.25, 0.3) is 0 Å². The number of aromatic nitrogens is 1. The van der Waals surface area contributed by atoms with Crippen molar-refractivity contribution in [1.29, 1.82) is 5.41 Å². The summed E-state index contributed by atoms with van der Waals surface area (Å²) in [7, 11) is 0. The molecule has 0 aliphatic carbocycles. The minimum atomic E-state index is 0.0268. The third-order valence-corrected chi connectivity index (χ3v) is 4.39. The predicted octanol–water partition coefficient (Wildman–Crippen LogP) is 3.13. The van der Waals surface area contributed by atoms with Crippen molar-refractivity contribution in [2.24, 2.45) is 5.73 Å². The fourth-order valence-corrected chi connectivity index (χ4v) is 3.69. The molecule has 0 radical (unpaired) electrons. The minimum Gasteiger partial charge on any atom is -0.485 e. The molecule has 18 heavy (non-hydrogen) atoms. The summed E-state index contributed by atoms with van der Waals surface area (Å²) in [6, 6.07) is 4.00. The largest absolute Gasteiger partial charge is 0.485 e. The van der Waals surface area contributed by atoms with Gasteiger partial charge in [-0.05, 0) is 18.4 Å². The highest BCUT2D eigenvalue weighted by atomic mass is 32.1. The third-order valence-electron chi connectivity index (χ3n) is 2.55. The molecular formula is C12H11N3OS2. The Kier molecular flexibility index (Phi) is 2.68. The van der Waals surface area contributed by atoms with Gasteiger partial charge in [-0.1, -0.05) is 0 Å². The molecule has 0 saturated heterocycles. The first-order valence-corrected chi connectivity index (χ1v) is 7.08. The van der Waals surface area contributed by atoms with Crippen LogP contribution >= 0.6 is 22.7 Å². The van der Waals surface area contributed by atoms with Gasteiger partial charge in [-0.3, -0.25) is 5.41 Å². The van der Waals surface area contributed by atoms with Gasteiger partial charge in [0.05, 0.1) is 19.9 Å². The molecule has 0 unspecified atom stereocenters. The number of nitrogens with zero attached hydrogens (tertiary/aromatic N) is 1. The molecule has 3 aromatic rings. The molecular weight excluding hydrogens is 266 g/mol. The fraction of sp³-hybridized carbons (Fsp3) is 0.167. The number of nitrogens with two attached hydrogens (primary N) is 1. The number of hydrogen-bond acceptors (Lipinski definition) is 5. The zero-order valence-corrected chi connectivity index (χ0v) is 11.3. The summed E-state index contributed by atoms with van der Waals surface area (Å²) in [5.74, 6) is 0.802. The van der Waals surface area contributed by atoms with Crippen LogP contribution in [0.4, 0.5) is 0 Å². The Morgan fingerprint density at radius 3 is 3.17 bits per heavy atom. The van der Waals surface area contributed by atoms with E-state index in [2.05, 4.69) is 4.98 Å². The van der Waals surface area contributed by atoms with Gasteiger partial charge in [-0.2, -0.15) is 0 Å². The van der Waals surface area contributed by atoms with Crippen molar-refractivity contribution in [1.82, 2.24) is 4.98 Å². The lowest BCUT2D eigenvalue weighted by atomic mass is 10.2. The van der Waals surface area contributed by atoms with E-state index in [-0.39, 0.29) is 12.4 Å². The van der Waals surface area contributed by atoms with E-state index in [1.807, 2.05) is 24.4 Å². The number of fused-ring (bicyclic) bond motifs is 3. The standard InChI is InChI=1S/C12H11N3OS2/c1-6-15-11-9(18-6)4-8(16-5-10(13)14)7-2-3-17-12(7)11/h2-4H,5H2,1H3,(H3,13,14). The fourth-order valence-electron chi connectivity index (χ4n) is 1.86. The van der Waals surface area contributed by atoms with Crippen molar-refractivity contribution in [2.45, 2.75) is 6.92 Å². The van der Waals surface area contributed by atoms with E-state index >= 15 is 0 Å². The van der Waals surface area contributed by atoms with Gasteiger partial charge in [0.15, 0.2) is 0 Å². The SMILES string of the molecule is Cc1nc2c(cc(OCC(=N)N)c3ccsc32)s1. The quantitative estimate of drug-likeness (QED) is 0.570. The highest BCUT2D eigenvalue weighted by Crippen LogP contribution is 2.38. The smallest absolute Gasteiger partial charge is 0.145 e. The van der Waals surface area contributed by atoms with Gasteiger partial charge in [0.2, 0.25) is 0 Å². The highest BCUT2D eigenvalue weighted by molar-refractivity contribution is 7.21. The Morgan fingerprint density at radius 2 is 2.39 bits per heavy atom. The van der Waals surface area contributed by atoms with Crippen LogP contribution < -0.4 is 10.5 Å². The van der Waals surface area contributed by atoms with Crippen molar-refractivity contribution in [2.75, 3.05) is 6.61 Å². The zero-order chi connectivity index (χ0) is 12.7. The summed E-state index contributed by atoms with van der Waals surface area (Å²) >= 11 is 3.31. The molecule has 4 nitrogen and oxygen atoms in total. The zero-order valence-electron chi connectivity index (χ0n) is 9.69. The Labute approximate surface area is 112 Å². The number of ether oxygens (including phenoxy) is 1. The molecule has 6 heteroatoms. The van der Waals surface area contributed by atoms with Crippen molar-refractivity contribution in [3.05, 3.63) is 22.5 Å². The summed E-state index contributed by atoms with van der Waals surface area (Å²) in [6.07, 6.45) is 0. The first kappa shape index (κ1) is 11.4. The second-order valence-electron chi connectivity index (χ2n) is 3.93. The molecule has 0 fully saturated rings. The van der Waals surface area contributed by atoms with E-state index in [0.717, 1.165) is 31.1 Å². The van der Waals surface area contributed by atoms with Crippen molar-refractivity contribution < 1.29 is 4.74 Å². The lowest BCUT2D eigenvalue weighted by Crippen LogP contribution is -2.19. The molecule has 0 saturated carbocycles. The van der Waals surface area contributed by atoms with Crippen LogP contribution in [0.1, 0.15) is 5.01 Å². The second-order valence-corrected chi connectivity index (χ2v) is 6.08. The molecule has 2 heterocycles. The van der Waals surface area contributed by atoms with Crippen LogP contribution in [0.15, 0.2) is 17.5 Å². The van der Waals surface area contributed by atoms with Gasteiger partial charge in [-0.15, -0.1) is 22.7 Å². The number of nitrogens with one attached hydrogen (secondary N) is 1. The van der Waals surface area contributed by atoms with Crippen LogP contribution in [0.5, 0.6) is 5.75 Å². The van der Waals surface area contributed by atoms with Crippen molar-refractivity contribution in [3.8, 4) is 5.75 Å². The van der Waals surface area contributed by atoms with E-state index in [1.165, 1.54) is 0 Å². The Morgan fingerprint density at radius 1 is 1.56 bits per heavy atom. The molecule has 3 N–H and O–H groups in total. The third kappa shape index (κ3) is 1.83. The number of aryl methyl sites for hydroxylation is 1. The Balaban J connectivity index is 2.21. The Hall–Kier alpha value is -1.66. The van der Waals surface area contributed by atoms with Crippen LogP contribution in [0.25, 0.3) is 20.3 Å². The summed E-state index contributed by atoms with van der Waals surface area (Å²) < 4.78 is 7.84. The molecule has 0 atom stereocenters. The van der Waals surface area contributed by atoms with Gasteiger partial charge < -0.3 is 10.5 Å². The van der Waals surface area contributed by atoms with E-state index < -0.39 is 0 Å². The second kappa shape index (κ2) is 4.22. The van der Waals surface area contributed by atoms with E-state index in [1.54, 1.807) is 22.7 Å². The molecule has 1 aromatic carbocycles.